The molecule has 1 saturated carbocycles. The molecule has 1 unspecified atom stereocenters. The van der Waals surface area contributed by atoms with E-state index in [0.717, 1.165) is 30.5 Å². The molecule has 3 heteroatoms. The lowest BCUT2D eigenvalue weighted by atomic mass is 10.0. The standard InChI is InChI=1S/C12H24O2S/c1-14-9-5-6-11(13)10-15-12-7-3-2-4-8-12/h11-13H,2-10H2,1H3. The summed E-state index contributed by atoms with van der Waals surface area (Å²) in [4.78, 5) is 0. The van der Waals surface area contributed by atoms with Crippen LogP contribution in [-0.2, 0) is 4.74 Å². The highest BCUT2D eigenvalue weighted by atomic mass is 32.2. The quantitative estimate of drug-likeness (QED) is 0.684. The van der Waals surface area contributed by atoms with Gasteiger partial charge in [0, 0.05) is 24.7 Å². The molecule has 1 atom stereocenters. The average Bonchev–Trinajstić information content (AvgIpc) is 2.28. The van der Waals surface area contributed by atoms with E-state index in [-0.39, 0.29) is 6.10 Å². The van der Waals surface area contributed by atoms with Crippen molar-refractivity contribution in [3.63, 3.8) is 0 Å². The number of ether oxygens (including phenoxy) is 1. The van der Waals surface area contributed by atoms with Gasteiger partial charge in [-0.05, 0) is 25.7 Å². The van der Waals surface area contributed by atoms with Gasteiger partial charge < -0.3 is 9.84 Å². The summed E-state index contributed by atoms with van der Waals surface area (Å²) in [7, 11) is 1.71. The highest BCUT2D eigenvalue weighted by Crippen LogP contribution is 2.28. The number of rotatable bonds is 7. The lowest BCUT2D eigenvalue weighted by Gasteiger charge is -2.22. The summed E-state index contributed by atoms with van der Waals surface area (Å²) in [6, 6.07) is 0. The highest BCUT2D eigenvalue weighted by Gasteiger charge is 2.15. The molecule has 0 aromatic carbocycles. The summed E-state index contributed by atoms with van der Waals surface area (Å²) in [5.74, 6) is 0.911. The molecular weight excluding hydrogens is 208 g/mol. The third-order valence-corrected chi connectivity index (χ3v) is 4.48. The van der Waals surface area contributed by atoms with Crippen LogP contribution in [0.25, 0.3) is 0 Å². The van der Waals surface area contributed by atoms with Crippen molar-refractivity contribution in [3.8, 4) is 0 Å². The van der Waals surface area contributed by atoms with Gasteiger partial charge in [-0.3, -0.25) is 0 Å². The van der Waals surface area contributed by atoms with Crippen LogP contribution in [0.2, 0.25) is 0 Å². The van der Waals surface area contributed by atoms with Crippen LogP contribution in [0.1, 0.15) is 44.9 Å². The van der Waals surface area contributed by atoms with Gasteiger partial charge in [0.05, 0.1) is 6.10 Å². The molecule has 1 fully saturated rings. The first-order chi connectivity index (χ1) is 7.33. The second kappa shape index (κ2) is 8.43. The summed E-state index contributed by atoms with van der Waals surface area (Å²) in [5, 5.41) is 10.5. The second-order valence-corrected chi connectivity index (χ2v) is 5.72. The van der Waals surface area contributed by atoms with Crippen molar-refractivity contribution in [2.24, 2.45) is 0 Å². The first-order valence-corrected chi connectivity index (χ1v) is 7.16. The van der Waals surface area contributed by atoms with Gasteiger partial charge in [0.1, 0.15) is 0 Å². The van der Waals surface area contributed by atoms with Crippen molar-refractivity contribution < 1.29 is 9.84 Å². The number of aliphatic hydroxyl groups excluding tert-OH is 1. The van der Waals surface area contributed by atoms with Gasteiger partial charge >= 0.3 is 0 Å². The molecule has 1 aliphatic carbocycles. The SMILES string of the molecule is COCCCC(O)CSC1CCCCC1. The first-order valence-electron chi connectivity index (χ1n) is 6.11. The summed E-state index contributed by atoms with van der Waals surface area (Å²) in [6.07, 6.45) is 8.62. The van der Waals surface area contributed by atoms with E-state index in [1.165, 1.54) is 32.1 Å². The van der Waals surface area contributed by atoms with Crippen molar-refractivity contribution >= 4 is 11.8 Å². The molecule has 0 heterocycles. The minimum atomic E-state index is -0.132. The number of hydrogen-bond donors (Lipinski definition) is 1. The van der Waals surface area contributed by atoms with E-state index in [1.807, 2.05) is 11.8 Å². The predicted molar refractivity (Wildman–Crippen MR) is 66.4 cm³/mol. The van der Waals surface area contributed by atoms with Crippen LogP contribution >= 0.6 is 11.8 Å². The Hall–Kier alpha value is 0.270. The fourth-order valence-electron chi connectivity index (χ4n) is 2.03. The fraction of sp³-hybridized carbons (Fsp3) is 1.00. The fourth-order valence-corrected chi connectivity index (χ4v) is 3.35. The van der Waals surface area contributed by atoms with Crippen LogP contribution in [0.5, 0.6) is 0 Å². The Labute approximate surface area is 97.8 Å². The Morgan fingerprint density at radius 3 is 2.73 bits per heavy atom. The topological polar surface area (TPSA) is 29.5 Å². The summed E-state index contributed by atoms with van der Waals surface area (Å²) in [5.41, 5.74) is 0. The Bertz CT molecular complexity index is 147. The molecule has 15 heavy (non-hydrogen) atoms. The first kappa shape index (κ1) is 13.3. The van der Waals surface area contributed by atoms with E-state index < -0.39 is 0 Å². The number of hydrogen-bond acceptors (Lipinski definition) is 3. The van der Waals surface area contributed by atoms with Crippen molar-refractivity contribution in [3.05, 3.63) is 0 Å². The Morgan fingerprint density at radius 1 is 1.33 bits per heavy atom. The van der Waals surface area contributed by atoms with Gasteiger partial charge in [0.25, 0.3) is 0 Å². The van der Waals surface area contributed by atoms with Crippen LogP contribution in [0, 0.1) is 0 Å². The number of thioether (sulfide) groups is 1. The second-order valence-electron chi connectivity index (χ2n) is 4.38. The maximum absolute atomic E-state index is 9.73. The van der Waals surface area contributed by atoms with Gasteiger partial charge in [-0.1, -0.05) is 19.3 Å². The summed E-state index contributed by atoms with van der Waals surface area (Å²) < 4.78 is 4.97. The van der Waals surface area contributed by atoms with E-state index in [4.69, 9.17) is 4.74 Å². The highest BCUT2D eigenvalue weighted by molar-refractivity contribution is 7.99. The molecule has 0 amide bonds. The van der Waals surface area contributed by atoms with Crippen molar-refractivity contribution in [2.75, 3.05) is 19.5 Å². The lowest BCUT2D eigenvalue weighted by molar-refractivity contribution is 0.149. The third kappa shape index (κ3) is 6.44. The zero-order chi connectivity index (χ0) is 10.9. The van der Waals surface area contributed by atoms with Crippen molar-refractivity contribution in [2.45, 2.75) is 56.3 Å². The zero-order valence-corrected chi connectivity index (χ0v) is 10.6. The van der Waals surface area contributed by atoms with E-state index in [1.54, 1.807) is 7.11 Å². The molecule has 0 spiro atoms. The van der Waals surface area contributed by atoms with Gasteiger partial charge in [-0.15, -0.1) is 0 Å². The van der Waals surface area contributed by atoms with Gasteiger partial charge in [0.15, 0.2) is 0 Å². The smallest absolute Gasteiger partial charge is 0.0631 e. The molecular formula is C12H24O2S. The Kier molecular flexibility index (Phi) is 7.49. The maximum Gasteiger partial charge on any atom is 0.0631 e. The number of methoxy groups -OCH3 is 1. The molecule has 0 bridgehead atoms. The predicted octanol–water partition coefficient (Wildman–Crippen LogP) is 2.84. The molecule has 0 radical (unpaired) electrons. The van der Waals surface area contributed by atoms with E-state index in [2.05, 4.69) is 0 Å². The average molecular weight is 232 g/mol. The molecule has 90 valence electrons. The van der Waals surface area contributed by atoms with Crippen molar-refractivity contribution in [1.82, 2.24) is 0 Å². The monoisotopic (exact) mass is 232 g/mol. The minimum absolute atomic E-state index is 0.132. The van der Waals surface area contributed by atoms with E-state index >= 15 is 0 Å². The van der Waals surface area contributed by atoms with E-state index in [9.17, 15) is 5.11 Å². The zero-order valence-electron chi connectivity index (χ0n) is 9.78. The molecule has 0 saturated heterocycles. The van der Waals surface area contributed by atoms with Gasteiger partial charge in [-0.2, -0.15) is 11.8 Å². The van der Waals surface area contributed by atoms with Crippen LogP contribution in [0.3, 0.4) is 0 Å². The molecule has 0 aliphatic heterocycles. The molecule has 1 rings (SSSR count). The summed E-state index contributed by atoms with van der Waals surface area (Å²) >= 11 is 1.97. The van der Waals surface area contributed by atoms with Crippen molar-refractivity contribution in [1.29, 1.82) is 0 Å². The molecule has 0 aromatic rings. The van der Waals surface area contributed by atoms with Crippen LogP contribution in [-0.4, -0.2) is 35.9 Å². The molecule has 2 nitrogen and oxygen atoms in total. The summed E-state index contributed by atoms with van der Waals surface area (Å²) in [6.45, 7) is 0.769. The third-order valence-electron chi connectivity index (χ3n) is 2.96. The lowest BCUT2D eigenvalue weighted by Crippen LogP contribution is -2.16. The Balaban J connectivity index is 1.97. The minimum Gasteiger partial charge on any atom is -0.392 e. The Morgan fingerprint density at radius 2 is 2.07 bits per heavy atom. The number of aliphatic hydroxyl groups is 1. The molecule has 1 aliphatic rings. The van der Waals surface area contributed by atoms with Gasteiger partial charge in [0.2, 0.25) is 0 Å². The normalized spacial score (nSPS) is 20.4. The van der Waals surface area contributed by atoms with Crippen LogP contribution in [0.4, 0.5) is 0 Å². The van der Waals surface area contributed by atoms with Crippen LogP contribution < -0.4 is 0 Å². The van der Waals surface area contributed by atoms with Gasteiger partial charge in [-0.25, -0.2) is 0 Å². The molecule has 1 N–H and O–H groups in total. The maximum atomic E-state index is 9.73. The van der Waals surface area contributed by atoms with E-state index in [0.29, 0.717) is 0 Å². The molecule has 0 aromatic heterocycles. The van der Waals surface area contributed by atoms with Crippen LogP contribution in [0.15, 0.2) is 0 Å². The largest absolute Gasteiger partial charge is 0.392 e.